The Kier molecular flexibility index (Phi) is 5.03. The van der Waals surface area contributed by atoms with Gasteiger partial charge in [-0.2, -0.15) is 0 Å². The van der Waals surface area contributed by atoms with Gasteiger partial charge in [-0.25, -0.2) is 0 Å². The van der Waals surface area contributed by atoms with Gasteiger partial charge in [0.1, 0.15) is 5.84 Å². The van der Waals surface area contributed by atoms with Gasteiger partial charge in [-0.15, -0.1) is 0 Å². The quantitative estimate of drug-likeness (QED) is 0.497. The number of thiocarbonyl (C=S) groups is 1. The minimum Gasteiger partial charge on any atom is -0.340 e. The third-order valence-electron chi connectivity index (χ3n) is 4.38. The molecule has 0 saturated carbocycles. The summed E-state index contributed by atoms with van der Waals surface area (Å²) in [5.41, 5.74) is 4.62. The molecular formula is C19H23N3S. The Labute approximate surface area is 143 Å². The second kappa shape index (κ2) is 7.20. The summed E-state index contributed by atoms with van der Waals surface area (Å²) in [5.74, 6) is 0.389. The lowest BCUT2D eigenvalue weighted by Gasteiger charge is -2.28. The Morgan fingerprint density at radius 1 is 1.35 bits per heavy atom. The van der Waals surface area contributed by atoms with E-state index in [9.17, 15) is 0 Å². The predicted octanol–water partition coefficient (Wildman–Crippen LogP) is 4.10. The first-order valence-electron chi connectivity index (χ1n) is 8.27. The van der Waals surface area contributed by atoms with Gasteiger partial charge in [-0.05, 0) is 42.6 Å². The third-order valence-corrected chi connectivity index (χ3v) is 4.77. The summed E-state index contributed by atoms with van der Waals surface area (Å²) >= 11 is 5.35. The number of amidine groups is 1. The number of nitrogens with one attached hydrogen (secondary N) is 2. The molecule has 0 amide bonds. The second-order valence-electron chi connectivity index (χ2n) is 6.15. The van der Waals surface area contributed by atoms with Crippen LogP contribution in [-0.2, 0) is 13.0 Å². The van der Waals surface area contributed by atoms with Crippen molar-refractivity contribution in [3.05, 3.63) is 53.1 Å². The summed E-state index contributed by atoms with van der Waals surface area (Å²) in [7, 11) is 0. The summed E-state index contributed by atoms with van der Waals surface area (Å²) in [4.78, 5) is 3.33. The molecule has 1 aliphatic heterocycles. The maximum absolute atomic E-state index is 8.29. The number of anilines is 1. The molecule has 4 heteroatoms. The van der Waals surface area contributed by atoms with Crippen LogP contribution in [0.5, 0.6) is 0 Å². The van der Waals surface area contributed by atoms with E-state index in [0.717, 1.165) is 48.6 Å². The fourth-order valence-corrected chi connectivity index (χ4v) is 3.44. The maximum Gasteiger partial charge on any atom is 0.131 e. The molecule has 0 saturated heterocycles. The van der Waals surface area contributed by atoms with Crippen molar-refractivity contribution in [2.24, 2.45) is 0 Å². The minimum absolute atomic E-state index is 0.389. The van der Waals surface area contributed by atoms with E-state index in [1.807, 2.05) is 18.2 Å². The average molecular weight is 325 g/mol. The average Bonchev–Trinajstić information content (AvgIpc) is 2.55. The van der Waals surface area contributed by atoms with E-state index >= 15 is 0 Å². The van der Waals surface area contributed by atoms with Crippen LogP contribution in [0.25, 0.3) is 0 Å². The topological polar surface area (TPSA) is 39.1 Å². The van der Waals surface area contributed by atoms with Crippen LogP contribution in [0.15, 0.2) is 42.0 Å². The van der Waals surface area contributed by atoms with Crippen molar-refractivity contribution in [1.29, 1.82) is 5.41 Å². The van der Waals surface area contributed by atoms with E-state index in [4.69, 9.17) is 17.6 Å². The molecule has 1 heterocycles. The molecular weight excluding hydrogens is 302 g/mol. The van der Waals surface area contributed by atoms with E-state index in [2.05, 4.69) is 35.3 Å². The fourth-order valence-electron chi connectivity index (χ4n) is 3.18. The van der Waals surface area contributed by atoms with E-state index < -0.39 is 0 Å². The molecule has 0 atom stereocenters. The van der Waals surface area contributed by atoms with Gasteiger partial charge in [0, 0.05) is 35.6 Å². The summed E-state index contributed by atoms with van der Waals surface area (Å²) < 4.78 is 0. The lowest BCUT2D eigenvalue weighted by molar-refractivity contribution is 0.255. The van der Waals surface area contributed by atoms with Crippen molar-refractivity contribution in [2.75, 3.05) is 18.4 Å². The van der Waals surface area contributed by atoms with Gasteiger partial charge in [0.15, 0.2) is 0 Å². The van der Waals surface area contributed by atoms with Gasteiger partial charge in [0.25, 0.3) is 0 Å². The number of nitrogens with zero attached hydrogens (tertiary/aromatic N) is 1. The van der Waals surface area contributed by atoms with Gasteiger partial charge in [0.2, 0.25) is 0 Å². The second-order valence-corrected chi connectivity index (χ2v) is 6.64. The molecule has 3 nitrogen and oxygen atoms in total. The first-order valence-corrected chi connectivity index (χ1v) is 8.68. The van der Waals surface area contributed by atoms with E-state index in [-0.39, 0.29) is 0 Å². The van der Waals surface area contributed by atoms with Crippen LogP contribution in [-0.4, -0.2) is 28.7 Å². The molecule has 2 aliphatic rings. The summed E-state index contributed by atoms with van der Waals surface area (Å²) in [5, 5.41) is 11.5. The van der Waals surface area contributed by atoms with E-state index in [1.165, 1.54) is 17.5 Å². The van der Waals surface area contributed by atoms with E-state index in [0.29, 0.717) is 5.84 Å². The Morgan fingerprint density at radius 2 is 2.22 bits per heavy atom. The summed E-state index contributed by atoms with van der Waals surface area (Å²) in [6.07, 6.45) is 8.98. The maximum atomic E-state index is 8.29. The molecule has 1 aromatic rings. The Balaban J connectivity index is 1.73. The molecule has 3 rings (SSSR count). The molecule has 0 unspecified atom stereocenters. The first kappa shape index (κ1) is 16.1. The first-order chi connectivity index (χ1) is 11.2. The van der Waals surface area contributed by atoms with Crippen molar-refractivity contribution in [1.82, 2.24) is 4.90 Å². The number of hydrogen-bond donors (Lipinski definition) is 2. The molecule has 120 valence electrons. The van der Waals surface area contributed by atoms with Gasteiger partial charge < -0.3 is 5.32 Å². The number of rotatable bonds is 4. The van der Waals surface area contributed by atoms with Crippen molar-refractivity contribution in [2.45, 2.75) is 32.7 Å². The molecule has 0 spiro atoms. The smallest absolute Gasteiger partial charge is 0.131 e. The zero-order valence-electron chi connectivity index (χ0n) is 13.6. The van der Waals surface area contributed by atoms with Gasteiger partial charge in [0.05, 0.1) is 0 Å². The molecule has 1 aliphatic carbocycles. The van der Waals surface area contributed by atoms with Crippen molar-refractivity contribution < 1.29 is 0 Å². The van der Waals surface area contributed by atoms with Crippen molar-refractivity contribution >= 4 is 28.6 Å². The van der Waals surface area contributed by atoms with Crippen LogP contribution in [0, 0.1) is 5.41 Å². The number of hydrogen-bond acceptors (Lipinski definition) is 3. The Morgan fingerprint density at radius 3 is 3.00 bits per heavy atom. The summed E-state index contributed by atoms with van der Waals surface area (Å²) in [6, 6.07) is 6.46. The SMILES string of the molecule is CCCN1CCc2ccc(NC(=N)C3=CC=CCC3=S)cc2C1. The molecule has 23 heavy (non-hydrogen) atoms. The highest BCUT2D eigenvalue weighted by Crippen LogP contribution is 2.23. The highest BCUT2D eigenvalue weighted by atomic mass is 32.1. The Hall–Kier alpha value is -1.78. The van der Waals surface area contributed by atoms with Crippen molar-refractivity contribution in [3.8, 4) is 0 Å². The molecule has 1 aromatic carbocycles. The molecule has 2 N–H and O–H groups in total. The van der Waals surface area contributed by atoms with Gasteiger partial charge in [-0.1, -0.05) is 43.4 Å². The van der Waals surface area contributed by atoms with Crippen LogP contribution in [0.4, 0.5) is 5.69 Å². The number of benzene rings is 1. The molecule has 0 bridgehead atoms. The van der Waals surface area contributed by atoms with Crippen molar-refractivity contribution in [3.63, 3.8) is 0 Å². The highest BCUT2D eigenvalue weighted by Gasteiger charge is 2.17. The lowest BCUT2D eigenvalue weighted by atomic mass is 9.98. The molecule has 0 radical (unpaired) electrons. The summed E-state index contributed by atoms with van der Waals surface area (Å²) in [6.45, 7) is 5.54. The Bertz CT molecular complexity index is 688. The molecule has 0 fully saturated rings. The lowest BCUT2D eigenvalue weighted by Crippen LogP contribution is -2.31. The number of allylic oxidation sites excluding steroid dienone is 3. The van der Waals surface area contributed by atoms with E-state index in [1.54, 1.807) is 0 Å². The normalized spacial score (nSPS) is 17.6. The monoisotopic (exact) mass is 325 g/mol. The van der Waals surface area contributed by atoms with Gasteiger partial charge >= 0.3 is 0 Å². The predicted molar refractivity (Wildman–Crippen MR) is 102 cm³/mol. The van der Waals surface area contributed by atoms with Crippen LogP contribution >= 0.6 is 12.2 Å². The van der Waals surface area contributed by atoms with Crippen LogP contribution in [0.2, 0.25) is 0 Å². The van der Waals surface area contributed by atoms with Gasteiger partial charge in [-0.3, -0.25) is 10.3 Å². The number of fused-ring (bicyclic) bond motifs is 1. The zero-order valence-corrected chi connectivity index (χ0v) is 14.4. The fraction of sp³-hybridized carbons (Fsp3) is 0.368. The van der Waals surface area contributed by atoms with Crippen LogP contribution < -0.4 is 5.32 Å². The third kappa shape index (κ3) is 3.77. The largest absolute Gasteiger partial charge is 0.340 e. The minimum atomic E-state index is 0.389. The zero-order chi connectivity index (χ0) is 16.2. The highest BCUT2D eigenvalue weighted by molar-refractivity contribution is 7.81. The standard InChI is InChI=1S/C19H23N3S/c1-2-10-22-11-9-14-7-8-16(12-15(14)13-22)21-19(20)17-5-3-4-6-18(17)23/h3-5,7-8,12H,2,6,9-11,13H2,1H3,(H2,20,21). The molecule has 0 aromatic heterocycles. The van der Waals surface area contributed by atoms with Crippen LogP contribution in [0.3, 0.4) is 0 Å². The van der Waals surface area contributed by atoms with Crippen LogP contribution in [0.1, 0.15) is 30.9 Å².